The third-order valence-electron chi connectivity index (χ3n) is 8.08. The summed E-state index contributed by atoms with van der Waals surface area (Å²) < 4.78 is 0. The molecule has 1 saturated carbocycles. The van der Waals surface area contributed by atoms with Crippen molar-refractivity contribution in [3.63, 3.8) is 0 Å². The molecule has 3 nitrogen and oxygen atoms in total. The predicted molar refractivity (Wildman–Crippen MR) is 143 cm³/mol. The van der Waals surface area contributed by atoms with Gasteiger partial charge in [-0.3, -0.25) is 9.69 Å². The van der Waals surface area contributed by atoms with E-state index in [4.69, 9.17) is 0 Å². The summed E-state index contributed by atoms with van der Waals surface area (Å²) in [6.07, 6.45) is 6.02. The average Bonchev–Trinajstić information content (AvgIpc) is 3.30. The summed E-state index contributed by atoms with van der Waals surface area (Å²) in [6, 6.07) is 29.9. The van der Waals surface area contributed by atoms with Crippen LogP contribution in [0.4, 0.5) is 0 Å². The van der Waals surface area contributed by atoms with E-state index in [1.54, 1.807) is 0 Å². The predicted octanol–water partition coefficient (Wildman–Crippen LogP) is 6.69. The van der Waals surface area contributed by atoms with Gasteiger partial charge in [0.25, 0.3) is 5.91 Å². The minimum atomic E-state index is 0.211. The van der Waals surface area contributed by atoms with E-state index in [2.05, 4.69) is 71.3 Å². The number of benzene rings is 3. The van der Waals surface area contributed by atoms with Crippen molar-refractivity contribution in [2.75, 3.05) is 19.6 Å². The Morgan fingerprint density at radius 1 is 0.829 bits per heavy atom. The molecule has 35 heavy (non-hydrogen) atoms. The Bertz CT molecular complexity index is 1090. The smallest absolute Gasteiger partial charge is 0.254 e. The second kappa shape index (κ2) is 11.2. The molecule has 0 spiro atoms. The van der Waals surface area contributed by atoms with Crippen molar-refractivity contribution >= 4 is 5.91 Å². The van der Waals surface area contributed by atoms with E-state index in [0.717, 1.165) is 44.6 Å². The minimum absolute atomic E-state index is 0.211. The second-order valence-electron chi connectivity index (χ2n) is 10.5. The van der Waals surface area contributed by atoms with Crippen LogP contribution in [0.1, 0.15) is 65.1 Å². The van der Waals surface area contributed by atoms with Crippen molar-refractivity contribution in [1.29, 1.82) is 0 Å². The first-order valence-corrected chi connectivity index (χ1v) is 13.4. The summed E-state index contributed by atoms with van der Waals surface area (Å²) >= 11 is 0. The zero-order chi connectivity index (χ0) is 24.0. The summed E-state index contributed by atoms with van der Waals surface area (Å²) in [7, 11) is 0. The topological polar surface area (TPSA) is 23.6 Å². The molecule has 1 aliphatic heterocycles. The van der Waals surface area contributed by atoms with Crippen LogP contribution in [-0.4, -0.2) is 41.4 Å². The van der Waals surface area contributed by atoms with Gasteiger partial charge in [-0.1, -0.05) is 92.1 Å². The normalized spacial score (nSPS) is 21.2. The van der Waals surface area contributed by atoms with E-state index in [1.807, 2.05) is 30.3 Å². The SMILES string of the molecule is Cc1ccccc1C1CN(Cc2ccccc2)CC1CN(C(=O)c1ccccc1)C1CCCCC1. The number of likely N-dealkylation sites (tertiary alicyclic amines) is 1. The van der Waals surface area contributed by atoms with Crippen LogP contribution >= 0.6 is 0 Å². The lowest BCUT2D eigenvalue weighted by Crippen LogP contribution is -2.45. The highest BCUT2D eigenvalue weighted by Gasteiger charge is 2.38. The molecule has 1 saturated heterocycles. The standard InChI is InChI=1S/C32H38N2O/c1-25-13-11-12-20-30(25)31-24-33(21-26-14-5-2-6-15-26)22-28(31)23-34(29-18-9-4-10-19-29)32(35)27-16-7-3-8-17-27/h2-3,5-8,11-17,20,28-29,31H,4,9-10,18-19,21-24H2,1H3. The number of nitrogens with zero attached hydrogens (tertiary/aromatic N) is 2. The Hall–Kier alpha value is -2.91. The number of carbonyl (C=O) groups is 1. The van der Waals surface area contributed by atoms with Gasteiger partial charge in [-0.15, -0.1) is 0 Å². The number of carbonyl (C=O) groups excluding carboxylic acids is 1. The highest BCUT2D eigenvalue weighted by molar-refractivity contribution is 5.94. The molecular weight excluding hydrogens is 428 g/mol. The van der Waals surface area contributed by atoms with Crippen LogP contribution in [0.25, 0.3) is 0 Å². The number of hydrogen-bond acceptors (Lipinski definition) is 2. The molecule has 3 aromatic carbocycles. The van der Waals surface area contributed by atoms with Crippen molar-refractivity contribution in [1.82, 2.24) is 9.80 Å². The molecule has 0 bridgehead atoms. The lowest BCUT2D eigenvalue weighted by molar-refractivity contribution is 0.0588. The van der Waals surface area contributed by atoms with Crippen LogP contribution in [0.15, 0.2) is 84.9 Å². The summed E-state index contributed by atoms with van der Waals surface area (Å²) in [6.45, 7) is 6.11. The maximum absolute atomic E-state index is 13.8. The first-order chi connectivity index (χ1) is 17.2. The molecule has 1 amide bonds. The van der Waals surface area contributed by atoms with E-state index < -0.39 is 0 Å². The van der Waals surface area contributed by atoms with Crippen LogP contribution in [0.3, 0.4) is 0 Å². The molecule has 0 radical (unpaired) electrons. The number of aryl methyl sites for hydroxylation is 1. The van der Waals surface area contributed by atoms with E-state index >= 15 is 0 Å². The fourth-order valence-corrected chi connectivity index (χ4v) is 6.26. The molecule has 2 unspecified atom stereocenters. The Balaban J connectivity index is 1.43. The van der Waals surface area contributed by atoms with Gasteiger partial charge in [0, 0.05) is 43.7 Å². The number of hydrogen-bond donors (Lipinski definition) is 0. The van der Waals surface area contributed by atoms with Crippen molar-refractivity contribution in [2.24, 2.45) is 5.92 Å². The first kappa shape index (κ1) is 23.8. The zero-order valence-electron chi connectivity index (χ0n) is 21.0. The highest BCUT2D eigenvalue weighted by atomic mass is 16.2. The average molecular weight is 467 g/mol. The Labute approximate surface area is 210 Å². The number of rotatable bonds is 7. The van der Waals surface area contributed by atoms with Crippen LogP contribution in [0, 0.1) is 12.8 Å². The molecule has 182 valence electrons. The third-order valence-corrected chi connectivity index (χ3v) is 8.08. The summed E-state index contributed by atoms with van der Waals surface area (Å²) in [5.41, 5.74) is 5.00. The van der Waals surface area contributed by atoms with Crippen LogP contribution in [-0.2, 0) is 6.54 Å². The minimum Gasteiger partial charge on any atom is -0.335 e. The van der Waals surface area contributed by atoms with Gasteiger partial charge >= 0.3 is 0 Å². The maximum Gasteiger partial charge on any atom is 0.254 e. The van der Waals surface area contributed by atoms with Crippen LogP contribution < -0.4 is 0 Å². The fraction of sp³-hybridized carbons (Fsp3) is 0.406. The van der Waals surface area contributed by atoms with Gasteiger partial charge in [-0.2, -0.15) is 0 Å². The zero-order valence-corrected chi connectivity index (χ0v) is 21.0. The van der Waals surface area contributed by atoms with Crippen LogP contribution in [0.2, 0.25) is 0 Å². The van der Waals surface area contributed by atoms with E-state index in [0.29, 0.717) is 17.9 Å². The summed E-state index contributed by atoms with van der Waals surface area (Å²) in [4.78, 5) is 18.7. The van der Waals surface area contributed by atoms with Crippen LogP contribution in [0.5, 0.6) is 0 Å². The van der Waals surface area contributed by atoms with E-state index in [9.17, 15) is 4.79 Å². The van der Waals surface area contributed by atoms with Crippen molar-refractivity contribution < 1.29 is 4.79 Å². The molecule has 0 aromatic heterocycles. The Kier molecular flexibility index (Phi) is 7.63. The van der Waals surface area contributed by atoms with Gasteiger partial charge in [0.1, 0.15) is 0 Å². The highest BCUT2D eigenvalue weighted by Crippen LogP contribution is 2.37. The van der Waals surface area contributed by atoms with Gasteiger partial charge < -0.3 is 4.90 Å². The van der Waals surface area contributed by atoms with Gasteiger partial charge in [0.15, 0.2) is 0 Å². The van der Waals surface area contributed by atoms with Crippen molar-refractivity contribution in [3.05, 3.63) is 107 Å². The summed E-state index contributed by atoms with van der Waals surface area (Å²) in [5.74, 6) is 1.08. The largest absolute Gasteiger partial charge is 0.335 e. The number of amides is 1. The molecule has 2 atom stereocenters. The Morgan fingerprint density at radius 3 is 2.20 bits per heavy atom. The molecule has 1 aliphatic carbocycles. The molecule has 0 N–H and O–H groups in total. The van der Waals surface area contributed by atoms with Gasteiger partial charge in [-0.25, -0.2) is 0 Å². The van der Waals surface area contributed by atoms with Gasteiger partial charge in [-0.05, 0) is 54.5 Å². The molecule has 3 aromatic rings. The quantitative estimate of drug-likeness (QED) is 0.387. The lowest BCUT2D eigenvalue weighted by atomic mass is 9.85. The molecule has 1 heterocycles. The molecule has 5 rings (SSSR count). The maximum atomic E-state index is 13.8. The van der Waals surface area contributed by atoms with E-state index in [-0.39, 0.29) is 5.91 Å². The molecule has 2 fully saturated rings. The fourth-order valence-electron chi connectivity index (χ4n) is 6.26. The molecule has 3 heteroatoms. The Morgan fingerprint density at radius 2 is 1.49 bits per heavy atom. The van der Waals surface area contributed by atoms with Crippen molar-refractivity contribution in [3.8, 4) is 0 Å². The van der Waals surface area contributed by atoms with E-state index in [1.165, 1.54) is 36.0 Å². The molecular formula is C32H38N2O. The molecule has 2 aliphatic rings. The second-order valence-corrected chi connectivity index (χ2v) is 10.5. The van der Waals surface area contributed by atoms with Crippen molar-refractivity contribution in [2.45, 2.75) is 57.5 Å². The van der Waals surface area contributed by atoms with Gasteiger partial charge in [0.2, 0.25) is 0 Å². The first-order valence-electron chi connectivity index (χ1n) is 13.4. The monoisotopic (exact) mass is 466 g/mol. The third kappa shape index (κ3) is 5.67. The lowest BCUT2D eigenvalue weighted by Gasteiger charge is -2.37. The van der Waals surface area contributed by atoms with Gasteiger partial charge in [0.05, 0.1) is 0 Å². The summed E-state index contributed by atoms with van der Waals surface area (Å²) in [5, 5.41) is 0.